The highest BCUT2D eigenvalue weighted by molar-refractivity contribution is 5.84. The Morgan fingerprint density at radius 3 is 2.77 bits per heavy atom. The highest BCUT2D eigenvalue weighted by Crippen LogP contribution is 2.27. The molecule has 3 aromatic rings. The fourth-order valence-electron chi connectivity index (χ4n) is 3.36. The van der Waals surface area contributed by atoms with Gasteiger partial charge in [0.25, 0.3) is 0 Å². The van der Waals surface area contributed by atoms with Gasteiger partial charge >= 0.3 is 0 Å². The average molecular weight is 351 g/mol. The maximum Gasteiger partial charge on any atom is 0.248 e. The molecule has 0 atom stereocenters. The number of piperidine rings is 1. The minimum Gasteiger partial charge on any atom is -0.444 e. The first kappa shape index (κ1) is 16.5. The van der Waals surface area contributed by atoms with Crippen molar-refractivity contribution < 1.29 is 9.21 Å². The van der Waals surface area contributed by atoms with Crippen LogP contribution in [-0.4, -0.2) is 33.8 Å². The first-order valence-corrected chi connectivity index (χ1v) is 8.77. The zero-order chi connectivity index (χ0) is 17.8. The van der Waals surface area contributed by atoms with Gasteiger partial charge < -0.3 is 15.1 Å². The molecule has 26 heavy (non-hydrogen) atoms. The van der Waals surface area contributed by atoms with Crippen molar-refractivity contribution in [1.82, 2.24) is 25.4 Å². The van der Waals surface area contributed by atoms with Crippen molar-refractivity contribution in [2.45, 2.75) is 24.9 Å². The lowest BCUT2D eigenvalue weighted by molar-refractivity contribution is -0.132. The molecule has 1 fully saturated rings. The van der Waals surface area contributed by atoms with Crippen LogP contribution in [0.1, 0.15) is 18.5 Å². The molecule has 7 nitrogen and oxygen atoms in total. The number of benzene rings is 1. The predicted octanol–water partition coefficient (Wildman–Crippen LogP) is 1.93. The molecule has 7 heteroatoms. The number of nitrogens with zero attached hydrogens (tertiary/aromatic N) is 3. The van der Waals surface area contributed by atoms with Crippen molar-refractivity contribution in [3.8, 4) is 11.5 Å². The summed E-state index contributed by atoms with van der Waals surface area (Å²) in [6.07, 6.45) is 6.56. The van der Waals surface area contributed by atoms with Gasteiger partial charge in [0.2, 0.25) is 11.8 Å². The Bertz CT molecular complexity index is 851. The third-order valence-corrected chi connectivity index (χ3v) is 4.80. The second-order valence-corrected chi connectivity index (χ2v) is 6.42. The van der Waals surface area contributed by atoms with Gasteiger partial charge in [-0.3, -0.25) is 9.48 Å². The van der Waals surface area contributed by atoms with E-state index in [1.807, 2.05) is 42.6 Å². The average Bonchev–Trinajstić information content (AvgIpc) is 3.39. The van der Waals surface area contributed by atoms with Crippen LogP contribution in [0.2, 0.25) is 0 Å². The van der Waals surface area contributed by atoms with Crippen LogP contribution in [0, 0.1) is 0 Å². The SMILES string of the molecule is O=C(NCc1coc(-c2ccccc2)n1)C1(n2cccn2)CCNCC1. The van der Waals surface area contributed by atoms with Gasteiger partial charge in [0, 0.05) is 18.0 Å². The van der Waals surface area contributed by atoms with E-state index in [-0.39, 0.29) is 5.91 Å². The molecule has 2 N–H and O–H groups in total. The van der Waals surface area contributed by atoms with Crippen LogP contribution in [-0.2, 0) is 16.9 Å². The van der Waals surface area contributed by atoms with Gasteiger partial charge in [-0.25, -0.2) is 4.98 Å². The maximum absolute atomic E-state index is 13.0. The summed E-state index contributed by atoms with van der Waals surface area (Å²) < 4.78 is 7.32. The topological polar surface area (TPSA) is 85.0 Å². The number of amides is 1. The van der Waals surface area contributed by atoms with Crippen molar-refractivity contribution in [1.29, 1.82) is 0 Å². The number of aromatic nitrogens is 3. The highest BCUT2D eigenvalue weighted by Gasteiger charge is 2.41. The molecule has 3 heterocycles. The van der Waals surface area contributed by atoms with Crippen molar-refractivity contribution in [2.75, 3.05) is 13.1 Å². The molecule has 0 unspecified atom stereocenters. The van der Waals surface area contributed by atoms with Gasteiger partial charge in [0.1, 0.15) is 11.8 Å². The predicted molar refractivity (Wildman–Crippen MR) is 96.1 cm³/mol. The summed E-state index contributed by atoms with van der Waals surface area (Å²) >= 11 is 0. The Labute approximate surface area is 151 Å². The summed E-state index contributed by atoms with van der Waals surface area (Å²) in [7, 11) is 0. The smallest absolute Gasteiger partial charge is 0.248 e. The first-order chi connectivity index (χ1) is 12.8. The molecule has 0 aliphatic carbocycles. The summed E-state index contributed by atoms with van der Waals surface area (Å²) in [6.45, 7) is 1.90. The molecule has 0 saturated carbocycles. The molecule has 1 aromatic carbocycles. The highest BCUT2D eigenvalue weighted by atomic mass is 16.3. The van der Waals surface area contributed by atoms with Crippen LogP contribution < -0.4 is 10.6 Å². The van der Waals surface area contributed by atoms with E-state index in [1.165, 1.54) is 0 Å². The monoisotopic (exact) mass is 351 g/mol. The molecule has 1 amide bonds. The van der Waals surface area contributed by atoms with E-state index in [0.29, 0.717) is 31.0 Å². The number of carbonyl (C=O) groups excluding carboxylic acids is 1. The lowest BCUT2D eigenvalue weighted by Gasteiger charge is -2.36. The number of rotatable bonds is 5. The molecule has 0 bridgehead atoms. The van der Waals surface area contributed by atoms with Crippen LogP contribution in [0.15, 0.2) is 59.5 Å². The molecule has 1 aliphatic heterocycles. The van der Waals surface area contributed by atoms with E-state index in [0.717, 1.165) is 18.7 Å². The summed E-state index contributed by atoms with van der Waals surface area (Å²) in [5.41, 5.74) is 0.957. The maximum atomic E-state index is 13.0. The van der Waals surface area contributed by atoms with Crippen molar-refractivity contribution in [3.63, 3.8) is 0 Å². The Balaban J connectivity index is 1.47. The summed E-state index contributed by atoms with van der Waals surface area (Å²) in [5, 5.41) is 10.6. The molecule has 1 aliphatic rings. The zero-order valence-corrected chi connectivity index (χ0v) is 14.4. The van der Waals surface area contributed by atoms with Gasteiger partial charge in [0.15, 0.2) is 0 Å². The minimum absolute atomic E-state index is 0.0352. The molecular formula is C19H21N5O2. The van der Waals surface area contributed by atoms with E-state index in [9.17, 15) is 4.79 Å². The van der Waals surface area contributed by atoms with Crippen molar-refractivity contribution in [3.05, 3.63) is 60.7 Å². The van der Waals surface area contributed by atoms with Gasteiger partial charge in [-0.1, -0.05) is 18.2 Å². The lowest BCUT2D eigenvalue weighted by atomic mass is 9.87. The summed E-state index contributed by atoms with van der Waals surface area (Å²) in [4.78, 5) is 17.5. The van der Waals surface area contributed by atoms with Gasteiger partial charge in [0.05, 0.1) is 12.2 Å². The normalized spacial score (nSPS) is 16.3. The third-order valence-electron chi connectivity index (χ3n) is 4.80. The Hall–Kier alpha value is -2.93. The Kier molecular flexibility index (Phi) is 4.53. The van der Waals surface area contributed by atoms with Crippen molar-refractivity contribution in [2.24, 2.45) is 0 Å². The van der Waals surface area contributed by atoms with Crippen LogP contribution in [0.4, 0.5) is 0 Å². The fourth-order valence-corrected chi connectivity index (χ4v) is 3.36. The van der Waals surface area contributed by atoms with E-state index in [2.05, 4.69) is 20.7 Å². The Morgan fingerprint density at radius 2 is 2.04 bits per heavy atom. The number of oxazole rings is 1. The standard InChI is InChI=1S/C19H21N5O2/c25-18(19(7-10-20-11-8-19)24-12-4-9-22-24)21-13-16-14-26-17(23-16)15-5-2-1-3-6-15/h1-6,9,12,14,20H,7-8,10-11,13H2,(H,21,25). The molecule has 0 radical (unpaired) electrons. The van der Waals surface area contributed by atoms with Crippen molar-refractivity contribution >= 4 is 5.91 Å². The lowest BCUT2D eigenvalue weighted by Crippen LogP contribution is -2.54. The molecular weight excluding hydrogens is 330 g/mol. The van der Waals surface area contributed by atoms with E-state index in [1.54, 1.807) is 17.1 Å². The third kappa shape index (κ3) is 3.13. The van der Waals surface area contributed by atoms with Gasteiger partial charge in [-0.15, -0.1) is 0 Å². The summed E-state index contributed by atoms with van der Waals surface area (Å²) in [6, 6.07) is 11.5. The molecule has 0 spiro atoms. The number of carbonyl (C=O) groups is 1. The van der Waals surface area contributed by atoms with Gasteiger partial charge in [-0.2, -0.15) is 5.10 Å². The van der Waals surface area contributed by atoms with Gasteiger partial charge in [-0.05, 0) is 44.1 Å². The molecule has 2 aromatic heterocycles. The van der Waals surface area contributed by atoms with E-state index < -0.39 is 5.54 Å². The number of hydrogen-bond donors (Lipinski definition) is 2. The second-order valence-electron chi connectivity index (χ2n) is 6.42. The second kappa shape index (κ2) is 7.13. The number of hydrogen-bond acceptors (Lipinski definition) is 5. The van der Waals surface area contributed by atoms with Crippen LogP contribution in [0.25, 0.3) is 11.5 Å². The fraction of sp³-hybridized carbons (Fsp3) is 0.316. The van der Waals surface area contributed by atoms with Crippen LogP contribution in [0.5, 0.6) is 0 Å². The largest absolute Gasteiger partial charge is 0.444 e. The zero-order valence-electron chi connectivity index (χ0n) is 14.4. The summed E-state index contributed by atoms with van der Waals surface area (Å²) in [5.74, 6) is 0.519. The van der Waals surface area contributed by atoms with Crippen LogP contribution >= 0.6 is 0 Å². The number of nitrogens with one attached hydrogen (secondary N) is 2. The molecule has 4 rings (SSSR count). The first-order valence-electron chi connectivity index (χ1n) is 8.77. The minimum atomic E-state index is -0.652. The quantitative estimate of drug-likeness (QED) is 0.734. The van der Waals surface area contributed by atoms with E-state index in [4.69, 9.17) is 4.42 Å². The van der Waals surface area contributed by atoms with Crippen LogP contribution in [0.3, 0.4) is 0 Å². The van der Waals surface area contributed by atoms with E-state index >= 15 is 0 Å². The molecule has 1 saturated heterocycles. The Morgan fingerprint density at radius 1 is 1.23 bits per heavy atom. The molecule has 134 valence electrons.